The number of nitrogens with two attached hydrogens (primary N) is 1. The maximum Gasteiger partial charge on any atom is 0.0454 e. The van der Waals surface area contributed by atoms with Crippen LogP contribution in [0.3, 0.4) is 0 Å². The van der Waals surface area contributed by atoms with Gasteiger partial charge in [-0.1, -0.05) is 41.4 Å². The van der Waals surface area contributed by atoms with Crippen molar-refractivity contribution in [3.63, 3.8) is 0 Å². The third-order valence-electron chi connectivity index (χ3n) is 2.08. The minimum atomic E-state index is 0. The smallest absolute Gasteiger partial charge is 0.0454 e. The van der Waals surface area contributed by atoms with E-state index >= 15 is 0 Å². The topological polar surface area (TPSA) is 26.0 Å². The molecule has 0 spiro atoms. The van der Waals surface area contributed by atoms with Gasteiger partial charge in [-0.25, -0.2) is 0 Å². The molecule has 0 fully saturated rings. The SMILES string of the molecule is CC(C)C[C@H](N)c1cc(Br)ccc1Cl.Cl. The van der Waals surface area contributed by atoms with Crippen molar-refractivity contribution in [1.29, 1.82) is 0 Å². The first kappa shape index (κ1) is 15.2. The summed E-state index contributed by atoms with van der Waals surface area (Å²) in [5.74, 6) is 0.583. The molecule has 2 N–H and O–H groups in total. The van der Waals surface area contributed by atoms with E-state index in [1.54, 1.807) is 0 Å². The molecule has 0 aliphatic heterocycles. The Bertz CT molecular complexity index is 315. The van der Waals surface area contributed by atoms with Gasteiger partial charge in [-0.2, -0.15) is 0 Å². The summed E-state index contributed by atoms with van der Waals surface area (Å²) in [5.41, 5.74) is 7.08. The largest absolute Gasteiger partial charge is 0.324 e. The van der Waals surface area contributed by atoms with Crippen molar-refractivity contribution in [2.24, 2.45) is 11.7 Å². The summed E-state index contributed by atoms with van der Waals surface area (Å²) in [6, 6.07) is 5.82. The van der Waals surface area contributed by atoms with Crippen LogP contribution in [-0.4, -0.2) is 0 Å². The minimum absolute atomic E-state index is 0. The van der Waals surface area contributed by atoms with E-state index < -0.39 is 0 Å². The lowest BCUT2D eigenvalue weighted by Gasteiger charge is -2.16. The Morgan fingerprint density at radius 2 is 2.00 bits per heavy atom. The van der Waals surface area contributed by atoms with Crippen LogP contribution in [0.5, 0.6) is 0 Å². The third-order valence-corrected chi connectivity index (χ3v) is 2.92. The maximum atomic E-state index is 6.07. The molecule has 4 heteroatoms. The summed E-state index contributed by atoms with van der Waals surface area (Å²) in [4.78, 5) is 0. The van der Waals surface area contributed by atoms with E-state index in [4.69, 9.17) is 17.3 Å². The van der Waals surface area contributed by atoms with Crippen LogP contribution in [0.25, 0.3) is 0 Å². The van der Waals surface area contributed by atoms with Crippen LogP contribution in [0.1, 0.15) is 31.9 Å². The van der Waals surface area contributed by atoms with Gasteiger partial charge in [-0.3, -0.25) is 0 Å². The predicted molar refractivity (Wildman–Crippen MR) is 72.8 cm³/mol. The molecule has 86 valence electrons. The van der Waals surface area contributed by atoms with Gasteiger partial charge in [0, 0.05) is 15.5 Å². The predicted octanol–water partition coefficient (Wildman–Crippen LogP) is 4.57. The van der Waals surface area contributed by atoms with Crippen LogP contribution >= 0.6 is 39.9 Å². The molecule has 0 unspecified atom stereocenters. The van der Waals surface area contributed by atoms with Crippen molar-refractivity contribution in [1.82, 2.24) is 0 Å². The second kappa shape index (κ2) is 6.74. The van der Waals surface area contributed by atoms with Gasteiger partial charge in [0.1, 0.15) is 0 Å². The Hall–Kier alpha value is 0.240. The van der Waals surface area contributed by atoms with E-state index in [-0.39, 0.29) is 18.4 Å². The highest BCUT2D eigenvalue weighted by Crippen LogP contribution is 2.28. The van der Waals surface area contributed by atoms with Crippen LogP contribution in [0.4, 0.5) is 0 Å². The highest BCUT2D eigenvalue weighted by atomic mass is 79.9. The van der Waals surface area contributed by atoms with Gasteiger partial charge >= 0.3 is 0 Å². The lowest BCUT2D eigenvalue weighted by molar-refractivity contribution is 0.510. The molecule has 0 amide bonds. The Morgan fingerprint density at radius 3 is 2.53 bits per heavy atom. The average molecular weight is 313 g/mol. The Labute approximate surface area is 111 Å². The molecule has 0 aromatic heterocycles. The lowest BCUT2D eigenvalue weighted by atomic mass is 9.98. The number of halogens is 3. The van der Waals surface area contributed by atoms with Crippen molar-refractivity contribution in [3.8, 4) is 0 Å². The summed E-state index contributed by atoms with van der Waals surface area (Å²) in [6.07, 6.45) is 0.955. The Balaban J connectivity index is 0.00000196. The second-order valence-electron chi connectivity index (χ2n) is 3.90. The van der Waals surface area contributed by atoms with Crippen molar-refractivity contribution < 1.29 is 0 Å². The van der Waals surface area contributed by atoms with Crippen LogP contribution in [0.15, 0.2) is 22.7 Å². The molecule has 1 atom stereocenters. The second-order valence-corrected chi connectivity index (χ2v) is 5.22. The summed E-state index contributed by atoms with van der Waals surface area (Å²) in [5, 5.41) is 0.751. The lowest BCUT2D eigenvalue weighted by Crippen LogP contribution is -2.13. The zero-order valence-electron chi connectivity index (χ0n) is 8.84. The Kier molecular flexibility index (Phi) is 6.85. The van der Waals surface area contributed by atoms with Gasteiger partial charge in [0.2, 0.25) is 0 Å². The Morgan fingerprint density at radius 1 is 1.40 bits per heavy atom. The summed E-state index contributed by atoms with van der Waals surface area (Å²) in [6.45, 7) is 4.32. The molecule has 1 aromatic rings. The van der Waals surface area contributed by atoms with Crippen molar-refractivity contribution in [3.05, 3.63) is 33.3 Å². The van der Waals surface area contributed by atoms with Gasteiger partial charge in [0.25, 0.3) is 0 Å². The van der Waals surface area contributed by atoms with Crippen LogP contribution < -0.4 is 5.73 Å². The fraction of sp³-hybridized carbons (Fsp3) is 0.455. The van der Waals surface area contributed by atoms with Gasteiger partial charge in [0.05, 0.1) is 0 Å². The van der Waals surface area contributed by atoms with Crippen LogP contribution in [0.2, 0.25) is 5.02 Å². The number of benzene rings is 1. The summed E-state index contributed by atoms with van der Waals surface area (Å²) < 4.78 is 1.02. The van der Waals surface area contributed by atoms with Gasteiger partial charge in [-0.15, -0.1) is 12.4 Å². The zero-order chi connectivity index (χ0) is 10.7. The quantitative estimate of drug-likeness (QED) is 0.869. The van der Waals surface area contributed by atoms with Crippen molar-refractivity contribution >= 4 is 39.9 Å². The monoisotopic (exact) mass is 311 g/mol. The first-order valence-corrected chi connectivity index (χ1v) is 5.88. The molecular formula is C11H16BrCl2N. The maximum absolute atomic E-state index is 6.07. The van der Waals surface area contributed by atoms with E-state index in [2.05, 4.69) is 29.8 Å². The first-order chi connectivity index (χ1) is 6.50. The molecule has 0 heterocycles. The highest BCUT2D eigenvalue weighted by Gasteiger charge is 2.11. The zero-order valence-corrected chi connectivity index (χ0v) is 12.0. The van der Waals surface area contributed by atoms with Crippen molar-refractivity contribution in [2.75, 3.05) is 0 Å². The molecule has 1 nitrogen and oxygen atoms in total. The molecule has 0 bridgehead atoms. The van der Waals surface area contributed by atoms with Gasteiger partial charge < -0.3 is 5.73 Å². The van der Waals surface area contributed by atoms with Crippen LogP contribution in [0, 0.1) is 5.92 Å². The molecule has 1 aromatic carbocycles. The fourth-order valence-corrected chi connectivity index (χ4v) is 2.07. The normalized spacial score (nSPS) is 12.4. The van der Waals surface area contributed by atoms with E-state index in [0.717, 1.165) is 21.5 Å². The molecule has 15 heavy (non-hydrogen) atoms. The summed E-state index contributed by atoms with van der Waals surface area (Å²) in [7, 11) is 0. The minimum Gasteiger partial charge on any atom is -0.324 e. The van der Waals surface area contributed by atoms with Gasteiger partial charge in [-0.05, 0) is 36.1 Å². The molecular weight excluding hydrogens is 297 g/mol. The third kappa shape index (κ3) is 4.73. The standard InChI is InChI=1S/C11H15BrClN.ClH/c1-7(2)5-11(14)9-6-8(12)3-4-10(9)13;/h3-4,6-7,11H,5,14H2,1-2H3;1H/t11-;/m0./s1. The number of hydrogen-bond acceptors (Lipinski definition) is 1. The fourth-order valence-electron chi connectivity index (χ4n) is 1.43. The number of rotatable bonds is 3. The van der Waals surface area contributed by atoms with E-state index in [1.165, 1.54) is 0 Å². The van der Waals surface area contributed by atoms with E-state index in [0.29, 0.717) is 5.92 Å². The molecule has 0 saturated heterocycles. The number of hydrogen-bond donors (Lipinski definition) is 1. The highest BCUT2D eigenvalue weighted by molar-refractivity contribution is 9.10. The van der Waals surface area contributed by atoms with E-state index in [9.17, 15) is 0 Å². The van der Waals surface area contributed by atoms with Crippen molar-refractivity contribution in [2.45, 2.75) is 26.3 Å². The molecule has 0 aliphatic rings. The molecule has 1 rings (SSSR count). The van der Waals surface area contributed by atoms with Gasteiger partial charge in [0.15, 0.2) is 0 Å². The summed E-state index contributed by atoms with van der Waals surface area (Å²) >= 11 is 9.49. The molecule has 0 saturated carbocycles. The first-order valence-electron chi connectivity index (χ1n) is 4.71. The molecule has 0 radical (unpaired) electrons. The molecule has 0 aliphatic carbocycles. The average Bonchev–Trinajstić information content (AvgIpc) is 2.08. The van der Waals surface area contributed by atoms with E-state index in [1.807, 2.05) is 18.2 Å². The van der Waals surface area contributed by atoms with Crippen LogP contribution in [-0.2, 0) is 0 Å².